The van der Waals surface area contributed by atoms with E-state index in [2.05, 4.69) is 4.99 Å². The van der Waals surface area contributed by atoms with Gasteiger partial charge in [-0.2, -0.15) is 4.99 Å². The van der Waals surface area contributed by atoms with Crippen molar-refractivity contribution in [3.05, 3.63) is 29.0 Å². The number of rotatable bonds is 2. The fraction of sp³-hybridized carbons (Fsp3) is 0.200. The van der Waals surface area contributed by atoms with Crippen LogP contribution in [0.25, 0.3) is 0 Å². The van der Waals surface area contributed by atoms with Crippen molar-refractivity contribution in [2.24, 2.45) is 16.5 Å². The largest absolute Gasteiger partial charge is 0.370 e. The van der Waals surface area contributed by atoms with E-state index in [1.165, 1.54) is 23.1 Å². The molecule has 0 saturated carbocycles. The maximum atomic E-state index is 13.7. The summed E-state index contributed by atoms with van der Waals surface area (Å²) >= 11 is 5.65. The zero-order valence-electron chi connectivity index (χ0n) is 9.24. The van der Waals surface area contributed by atoms with Gasteiger partial charge in [0.2, 0.25) is 5.96 Å². The Hall–Kier alpha value is -1.82. The Kier molecular flexibility index (Phi) is 4.28. The van der Waals surface area contributed by atoms with Crippen LogP contribution in [0.15, 0.2) is 23.2 Å². The highest BCUT2D eigenvalue weighted by molar-refractivity contribution is 6.30. The normalized spacial score (nSPS) is 9.82. The van der Waals surface area contributed by atoms with Gasteiger partial charge in [-0.25, -0.2) is 4.39 Å². The zero-order valence-corrected chi connectivity index (χ0v) is 10.0. The third-order valence-corrected chi connectivity index (χ3v) is 2.24. The first kappa shape index (κ1) is 13.2. The lowest BCUT2D eigenvalue weighted by molar-refractivity contribution is 0.626. The molecule has 17 heavy (non-hydrogen) atoms. The van der Waals surface area contributed by atoms with Crippen LogP contribution in [0.5, 0.6) is 0 Å². The van der Waals surface area contributed by atoms with Gasteiger partial charge in [0.25, 0.3) is 0 Å². The molecule has 0 atom stereocenters. The maximum Gasteiger partial charge on any atom is 0.225 e. The Morgan fingerprint density at radius 2 is 2.18 bits per heavy atom. The summed E-state index contributed by atoms with van der Waals surface area (Å²) in [5, 5.41) is 7.93. The number of guanidine groups is 2. The molecule has 1 rings (SSSR count). The minimum atomic E-state index is -0.533. The second-order valence-electron chi connectivity index (χ2n) is 3.20. The van der Waals surface area contributed by atoms with E-state index in [-0.39, 0.29) is 22.6 Å². The Labute approximate surface area is 103 Å². The van der Waals surface area contributed by atoms with Gasteiger partial charge in [0.15, 0.2) is 5.96 Å². The van der Waals surface area contributed by atoms with Gasteiger partial charge in [-0.1, -0.05) is 11.6 Å². The SMILES string of the molecule is CCN(C(=N)N=C(N)N)c1ccc(Cl)cc1F. The number of hydrogen-bond donors (Lipinski definition) is 3. The number of hydrogen-bond acceptors (Lipinski definition) is 1. The highest BCUT2D eigenvalue weighted by Gasteiger charge is 2.14. The number of nitrogens with one attached hydrogen (secondary N) is 1. The molecule has 0 aliphatic heterocycles. The molecule has 0 aliphatic rings. The fourth-order valence-electron chi connectivity index (χ4n) is 1.32. The first-order valence-electron chi connectivity index (χ1n) is 4.86. The molecule has 0 aromatic heterocycles. The standard InChI is InChI=1S/C10H13ClFN5/c1-2-17(10(15)16-9(13)14)8-4-3-6(11)5-7(8)12/h3-5H,2H2,1H3,(H5,13,14,15,16). The van der Waals surface area contributed by atoms with E-state index < -0.39 is 5.82 Å². The topological polar surface area (TPSA) is 91.5 Å². The summed E-state index contributed by atoms with van der Waals surface area (Å²) in [6.07, 6.45) is 0. The van der Waals surface area contributed by atoms with E-state index in [0.717, 1.165) is 0 Å². The monoisotopic (exact) mass is 257 g/mol. The molecule has 7 heteroatoms. The summed E-state index contributed by atoms with van der Waals surface area (Å²) in [6, 6.07) is 4.17. The molecule has 0 saturated heterocycles. The average Bonchev–Trinajstić information content (AvgIpc) is 2.21. The smallest absolute Gasteiger partial charge is 0.225 e. The molecule has 0 unspecified atom stereocenters. The number of aliphatic imine (C=N–C) groups is 1. The Morgan fingerprint density at radius 1 is 1.53 bits per heavy atom. The highest BCUT2D eigenvalue weighted by atomic mass is 35.5. The second kappa shape index (κ2) is 5.49. The molecule has 0 bridgehead atoms. The van der Waals surface area contributed by atoms with Gasteiger partial charge in [0, 0.05) is 11.6 Å². The lowest BCUT2D eigenvalue weighted by Crippen LogP contribution is -2.33. The molecule has 0 aliphatic carbocycles. The lowest BCUT2D eigenvalue weighted by Gasteiger charge is -2.21. The highest BCUT2D eigenvalue weighted by Crippen LogP contribution is 2.23. The van der Waals surface area contributed by atoms with Crippen LogP contribution in [0.3, 0.4) is 0 Å². The van der Waals surface area contributed by atoms with Crippen molar-refractivity contribution >= 4 is 29.2 Å². The van der Waals surface area contributed by atoms with Crippen molar-refractivity contribution in [2.45, 2.75) is 6.92 Å². The van der Waals surface area contributed by atoms with Crippen LogP contribution in [-0.2, 0) is 0 Å². The van der Waals surface area contributed by atoms with Gasteiger partial charge in [0.05, 0.1) is 5.69 Å². The summed E-state index contributed by atoms with van der Waals surface area (Å²) in [4.78, 5) is 4.90. The molecular weight excluding hydrogens is 245 g/mol. The molecule has 1 aromatic rings. The summed E-state index contributed by atoms with van der Waals surface area (Å²) < 4.78 is 13.7. The minimum absolute atomic E-state index is 0.201. The zero-order chi connectivity index (χ0) is 13.0. The van der Waals surface area contributed by atoms with Crippen molar-refractivity contribution in [2.75, 3.05) is 11.4 Å². The van der Waals surface area contributed by atoms with Gasteiger partial charge in [-0.15, -0.1) is 0 Å². The number of nitrogens with two attached hydrogens (primary N) is 2. The van der Waals surface area contributed by atoms with E-state index in [0.29, 0.717) is 6.54 Å². The van der Waals surface area contributed by atoms with Gasteiger partial charge >= 0.3 is 0 Å². The molecule has 0 heterocycles. The summed E-state index contributed by atoms with van der Waals surface area (Å²) in [6.45, 7) is 2.11. The van der Waals surface area contributed by atoms with Crippen LogP contribution in [-0.4, -0.2) is 18.5 Å². The molecule has 5 N–H and O–H groups in total. The Bertz CT molecular complexity index is 456. The van der Waals surface area contributed by atoms with E-state index in [4.69, 9.17) is 28.5 Å². The second-order valence-corrected chi connectivity index (χ2v) is 3.64. The van der Waals surface area contributed by atoms with Gasteiger partial charge < -0.3 is 16.4 Å². The van der Waals surface area contributed by atoms with Crippen LogP contribution in [0, 0.1) is 11.2 Å². The quantitative estimate of drug-likeness (QED) is 0.554. The summed E-state index contributed by atoms with van der Waals surface area (Å²) in [5.41, 5.74) is 10.5. The van der Waals surface area contributed by atoms with E-state index in [1.54, 1.807) is 6.92 Å². The van der Waals surface area contributed by atoms with E-state index in [1.807, 2.05) is 0 Å². The molecule has 0 radical (unpaired) electrons. The van der Waals surface area contributed by atoms with Gasteiger partial charge in [-0.05, 0) is 25.1 Å². The van der Waals surface area contributed by atoms with Crippen molar-refractivity contribution in [1.82, 2.24) is 0 Å². The van der Waals surface area contributed by atoms with Crippen LogP contribution in [0.1, 0.15) is 6.92 Å². The molecule has 1 aromatic carbocycles. The lowest BCUT2D eigenvalue weighted by atomic mass is 10.3. The molecule has 0 spiro atoms. The summed E-state index contributed by atoms with van der Waals surface area (Å²) in [7, 11) is 0. The van der Waals surface area contributed by atoms with Gasteiger partial charge in [-0.3, -0.25) is 5.41 Å². The third kappa shape index (κ3) is 3.32. The first-order valence-corrected chi connectivity index (χ1v) is 5.24. The van der Waals surface area contributed by atoms with E-state index in [9.17, 15) is 4.39 Å². The fourth-order valence-corrected chi connectivity index (χ4v) is 1.48. The number of halogens is 2. The van der Waals surface area contributed by atoms with Crippen LogP contribution in [0.2, 0.25) is 5.02 Å². The third-order valence-electron chi connectivity index (χ3n) is 2.01. The van der Waals surface area contributed by atoms with Crippen molar-refractivity contribution in [3.63, 3.8) is 0 Å². The van der Waals surface area contributed by atoms with Crippen LogP contribution in [0.4, 0.5) is 10.1 Å². The predicted molar refractivity (Wildman–Crippen MR) is 68.0 cm³/mol. The van der Waals surface area contributed by atoms with Crippen molar-refractivity contribution in [1.29, 1.82) is 5.41 Å². The molecule has 92 valence electrons. The number of anilines is 1. The molecule has 0 fully saturated rings. The number of benzene rings is 1. The van der Waals surface area contributed by atoms with Crippen molar-refractivity contribution in [3.8, 4) is 0 Å². The predicted octanol–water partition coefficient (Wildman–Crippen LogP) is 1.51. The van der Waals surface area contributed by atoms with Crippen LogP contribution >= 0.6 is 11.6 Å². The van der Waals surface area contributed by atoms with Gasteiger partial charge in [0.1, 0.15) is 5.82 Å². The van der Waals surface area contributed by atoms with Crippen molar-refractivity contribution < 1.29 is 4.39 Å². The molecule has 0 amide bonds. The minimum Gasteiger partial charge on any atom is -0.370 e. The summed E-state index contributed by atoms with van der Waals surface area (Å²) in [5.74, 6) is -1.01. The molecular formula is C10H13ClFN5. The Balaban J connectivity index is 3.10. The number of nitrogens with zero attached hydrogens (tertiary/aromatic N) is 2. The van der Waals surface area contributed by atoms with Crippen LogP contribution < -0.4 is 16.4 Å². The maximum absolute atomic E-state index is 13.7. The van der Waals surface area contributed by atoms with E-state index >= 15 is 0 Å². The Morgan fingerprint density at radius 3 is 2.65 bits per heavy atom. The molecule has 5 nitrogen and oxygen atoms in total. The first-order chi connectivity index (χ1) is 7.95. The average molecular weight is 258 g/mol.